The van der Waals surface area contributed by atoms with Crippen LogP contribution in [0.25, 0.3) is 0 Å². The summed E-state index contributed by atoms with van der Waals surface area (Å²) in [5.74, 6) is 0.818. The molecule has 0 radical (unpaired) electrons. The topological polar surface area (TPSA) is 17.8 Å². The number of hydrogen-bond donors (Lipinski definition) is 0. The molecule has 0 amide bonds. The first kappa shape index (κ1) is 7.60. The molecule has 0 bridgehead atoms. The van der Waals surface area contributed by atoms with Crippen molar-refractivity contribution in [3.05, 3.63) is 17.0 Å². The average Bonchev–Trinajstić information content (AvgIpc) is 2.94. The minimum atomic E-state index is 0.818. The molecule has 1 aromatic rings. The second-order valence-corrected chi connectivity index (χ2v) is 4.41. The summed E-state index contributed by atoms with van der Waals surface area (Å²) < 4.78 is 2.26. The first-order valence-electron chi connectivity index (χ1n) is 5.42. The SMILES string of the molecule is Cc1c(C2CC2)nn2c1CCCC2. The molecule has 13 heavy (non-hydrogen) atoms. The highest BCUT2D eigenvalue weighted by atomic mass is 15.3. The van der Waals surface area contributed by atoms with Crippen molar-refractivity contribution in [3.8, 4) is 0 Å². The molecule has 0 unspecified atom stereocenters. The van der Waals surface area contributed by atoms with E-state index in [0.29, 0.717) is 0 Å². The molecule has 2 heteroatoms. The van der Waals surface area contributed by atoms with Gasteiger partial charge >= 0.3 is 0 Å². The Hall–Kier alpha value is -0.790. The molecule has 0 spiro atoms. The second-order valence-electron chi connectivity index (χ2n) is 4.41. The Morgan fingerprint density at radius 2 is 2.15 bits per heavy atom. The molecule has 0 atom stereocenters. The number of aryl methyl sites for hydroxylation is 1. The third-order valence-electron chi connectivity index (χ3n) is 3.35. The molecule has 1 aliphatic carbocycles. The highest BCUT2D eigenvalue weighted by Crippen LogP contribution is 2.41. The highest BCUT2D eigenvalue weighted by molar-refractivity contribution is 5.30. The maximum atomic E-state index is 4.73. The van der Waals surface area contributed by atoms with Crippen LogP contribution in [0.2, 0.25) is 0 Å². The van der Waals surface area contributed by atoms with Crippen LogP contribution >= 0.6 is 0 Å². The van der Waals surface area contributed by atoms with Gasteiger partial charge in [0.25, 0.3) is 0 Å². The van der Waals surface area contributed by atoms with Crippen LogP contribution in [0, 0.1) is 6.92 Å². The minimum absolute atomic E-state index is 0.818. The number of hydrogen-bond acceptors (Lipinski definition) is 1. The monoisotopic (exact) mass is 176 g/mol. The van der Waals surface area contributed by atoms with Crippen LogP contribution in [0.5, 0.6) is 0 Å². The van der Waals surface area contributed by atoms with Crippen molar-refractivity contribution in [1.29, 1.82) is 0 Å². The molecule has 1 fully saturated rings. The molecule has 0 N–H and O–H groups in total. The first-order valence-corrected chi connectivity index (χ1v) is 5.42. The number of nitrogens with zero attached hydrogens (tertiary/aromatic N) is 2. The Labute approximate surface area is 78.9 Å². The minimum Gasteiger partial charge on any atom is -0.269 e. The van der Waals surface area contributed by atoms with E-state index in [1.165, 1.54) is 49.1 Å². The standard InChI is InChI=1S/C11H16N2/c1-8-10-4-2-3-7-13(10)12-11(8)9-5-6-9/h9H,2-7H2,1H3. The molecule has 70 valence electrons. The van der Waals surface area contributed by atoms with Gasteiger partial charge in [-0.3, -0.25) is 4.68 Å². The summed E-state index contributed by atoms with van der Waals surface area (Å²) in [5.41, 5.74) is 4.44. The van der Waals surface area contributed by atoms with Crippen LogP contribution in [0.15, 0.2) is 0 Å². The van der Waals surface area contributed by atoms with E-state index < -0.39 is 0 Å². The molecule has 2 heterocycles. The van der Waals surface area contributed by atoms with Gasteiger partial charge in [-0.1, -0.05) is 0 Å². The van der Waals surface area contributed by atoms with Crippen molar-refractivity contribution in [1.82, 2.24) is 9.78 Å². The largest absolute Gasteiger partial charge is 0.269 e. The van der Waals surface area contributed by atoms with Crippen molar-refractivity contribution in [2.45, 2.75) is 51.5 Å². The second kappa shape index (κ2) is 2.60. The van der Waals surface area contributed by atoms with Crippen LogP contribution in [0.4, 0.5) is 0 Å². The predicted molar refractivity (Wildman–Crippen MR) is 51.9 cm³/mol. The maximum absolute atomic E-state index is 4.73. The summed E-state index contributed by atoms with van der Waals surface area (Å²) in [7, 11) is 0. The van der Waals surface area contributed by atoms with E-state index in [2.05, 4.69) is 11.6 Å². The van der Waals surface area contributed by atoms with E-state index in [4.69, 9.17) is 5.10 Å². The van der Waals surface area contributed by atoms with Gasteiger partial charge in [0.15, 0.2) is 0 Å². The molecular formula is C11H16N2. The fourth-order valence-corrected chi connectivity index (χ4v) is 2.41. The van der Waals surface area contributed by atoms with Gasteiger partial charge in [-0.15, -0.1) is 0 Å². The zero-order valence-corrected chi connectivity index (χ0v) is 8.21. The van der Waals surface area contributed by atoms with Crippen LogP contribution in [-0.2, 0) is 13.0 Å². The van der Waals surface area contributed by atoms with E-state index in [0.717, 1.165) is 12.5 Å². The van der Waals surface area contributed by atoms with E-state index in [9.17, 15) is 0 Å². The number of aromatic nitrogens is 2. The maximum Gasteiger partial charge on any atom is 0.0687 e. The van der Waals surface area contributed by atoms with Crippen LogP contribution in [0.3, 0.4) is 0 Å². The van der Waals surface area contributed by atoms with Crippen molar-refractivity contribution < 1.29 is 0 Å². The number of fused-ring (bicyclic) bond motifs is 1. The van der Waals surface area contributed by atoms with Crippen molar-refractivity contribution in [2.24, 2.45) is 0 Å². The smallest absolute Gasteiger partial charge is 0.0687 e. The van der Waals surface area contributed by atoms with E-state index in [-0.39, 0.29) is 0 Å². The third kappa shape index (κ3) is 1.11. The number of rotatable bonds is 1. The Morgan fingerprint density at radius 3 is 2.85 bits per heavy atom. The van der Waals surface area contributed by atoms with Crippen LogP contribution in [0.1, 0.15) is 48.6 Å². The molecule has 1 aliphatic heterocycles. The molecular weight excluding hydrogens is 160 g/mol. The zero-order chi connectivity index (χ0) is 8.84. The quantitative estimate of drug-likeness (QED) is 0.642. The van der Waals surface area contributed by atoms with Crippen molar-refractivity contribution >= 4 is 0 Å². The molecule has 0 aromatic carbocycles. The lowest BCUT2D eigenvalue weighted by Gasteiger charge is -2.13. The summed E-state index contributed by atoms with van der Waals surface area (Å²) in [6, 6.07) is 0. The van der Waals surface area contributed by atoms with Gasteiger partial charge in [-0.05, 0) is 44.6 Å². The van der Waals surface area contributed by atoms with E-state index >= 15 is 0 Å². The van der Waals surface area contributed by atoms with Gasteiger partial charge in [0.05, 0.1) is 5.69 Å². The van der Waals surface area contributed by atoms with Crippen molar-refractivity contribution in [3.63, 3.8) is 0 Å². The Kier molecular flexibility index (Phi) is 1.52. The Bertz CT molecular complexity index is 334. The van der Waals surface area contributed by atoms with Gasteiger partial charge in [0.1, 0.15) is 0 Å². The highest BCUT2D eigenvalue weighted by Gasteiger charge is 2.30. The van der Waals surface area contributed by atoms with Crippen molar-refractivity contribution in [2.75, 3.05) is 0 Å². The summed E-state index contributed by atoms with van der Waals surface area (Å²) in [4.78, 5) is 0. The zero-order valence-electron chi connectivity index (χ0n) is 8.21. The first-order chi connectivity index (χ1) is 6.36. The van der Waals surface area contributed by atoms with E-state index in [1.54, 1.807) is 0 Å². The molecule has 2 aliphatic rings. The van der Waals surface area contributed by atoms with Gasteiger partial charge < -0.3 is 0 Å². The molecule has 0 saturated heterocycles. The Balaban J connectivity index is 2.06. The fraction of sp³-hybridized carbons (Fsp3) is 0.727. The lowest BCUT2D eigenvalue weighted by Crippen LogP contribution is -2.11. The summed E-state index contributed by atoms with van der Waals surface area (Å²) in [6.07, 6.45) is 6.68. The van der Waals surface area contributed by atoms with Gasteiger partial charge in [0, 0.05) is 18.2 Å². The van der Waals surface area contributed by atoms with Crippen LogP contribution in [-0.4, -0.2) is 9.78 Å². The normalized spacial score (nSPS) is 21.6. The molecule has 3 rings (SSSR count). The average molecular weight is 176 g/mol. The Morgan fingerprint density at radius 1 is 1.31 bits per heavy atom. The summed E-state index contributed by atoms with van der Waals surface area (Å²) in [6.45, 7) is 3.42. The molecule has 2 nitrogen and oxygen atoms in total. The van der Waals surface area contributed by atoms with Crippen LogP contribution < -0.4 is 0 Å². The summed E-state index contributed by atoms with van der Waals surface area (Å²) in [5, 5.41) is 4.73. The predicted octanol–water partition coefficient (Wildman–Crippen LogP) is 2.41. The lowest BCUT2D eigenvalue weighted by atomic mass is 10.0. The van der Waals surface area contributed by atoms with E-state index in [1.807, 2.05) is 0 Å². The van der Waals surface area contributed by atoms with Gasteiger partial charge in [-0.2, -0.15) is 5.10 Å². The third-order valence-corrected chi connectivity index (χ3v) is 3.35. The van der Waals surface area contributed by atoms with Gasteiger partial charge in [0.2, 0.25) is 0 Å². The fourth-order valence-electron chi connectivity index (χ4n) is 2.41. The lowest BCUT2D eigenvalue weighted by molar-refractivity contribution is 0.482. The molecule has 1 saturated carbocycles. The van der Waals surface area contributed by atoms with Gasteiger partial charge in [-0.25, -0.2) is 0 Å². The summed E-state index contributed by atoms with van der Waals surface area (Å²) >= 11 is 0. The molecule has 1 aromatic heterocycles.